The molecule has 0 radical (unpaired) electrons. The van der Waals surface area contributed by atoms with Gasteiger partial charge in [0.2, 0.25) is 0 Å². The fourth-order valence-corrected chi connectivity index (χ4v) is 2.53. The molecule has 2 rings (SSSR count). The van der Waals surface area contributed by atoms with Crippen LogP contribution in [0.3, 0.4) is 0 Å². The summed E-state index contributed by atoms with van der Waals surface area (Å²) in [6.45, 7) is 5.36. The van der Waals surface area contributed by atoms with E-state index in [1.165, 1.54) is 5.56 Å². The highest BCUT2D eigenvalue weighted by Gasteiger charge is 2.19. The van der Waals surface area contributed by atoms with Gasteiger partial charge < -0.3 is 14.7 Å². The molecule has 1 aromatic rings. The quantitative estimate of drug-likeness (QED) is 0.888. The molecule has 0 amide bonds. The molecule has 18 heavy (non-hydrogen) atoms. The van der Waals surface area contributed by atoms with E-state index in [4.69, 9.17) is 4.74 Å². The van der Waals surface area contributed by atoms with Crippen molar-refractivity contribution < 1.29 is 9.84 Å². The Balaban J connectivity index is 1.88. The molecule has 0 saturated carbocycles. The standard InChI is InChI=1S/C15H23NO2/c1-12(11-16-9-7-14(17)8-10-16)13-3-5-15(18-2)6-4-13/h3-6,12,14,17H,7-11H2,1-2H3. The van der Waals surface area contributed by atoms with Gasteiger partial charge in [0.05, 0.1) is 13.2 Å². The molecule has 0 aromatic heterocycles. The van der Waals surface area contributed by atoms with Crippen molar-refractivity contribution in [2.45, 2.75) is 31.8 Å². The summed E-state index contributed by atoms with van der Waals surface area (Å²) in [6, 6.07) is 8.32. The normalized spacial score (nSPS) is 19.7. The topological polar surface area (TPSA) is 32.7 Å². The predicted molar refractivity (Wildman–Crippen MR) is 73.1 cm³/mol. The van der Waals surface area contributed by atoms with Gasteiger partial charge in [0.25, 0.3) is 0 Å². The number of likely N-dealkylation sites (tertiary alicyclic amines) is 1. The summed E-state index contributed by atoms with van der Waals surface area (Å²) in [4.78, 5) is 2.45. The average molecular weight is 249 g/mol. The maximum Gasteiger partial charge on any atom is 0.118 e. The lowest BCUT2D eigenvalue weighted by Gasteiger charge is -2.31. The van der Waals surface area contributed by atoms with E-state index in [0.717, 1.165) is 38.2 Å². The van der Waals surface area contributed by atoms with Gasteiger partial charge in [0.15, 0.2) is 0 Å². The Hall–Kier alpha value is -1.06. The first-order valence-corrected chi connectivity index (χ1v) is 6.73. The first-order chi connectivity index (χ1) is 8.69. The fraction of sp³-hybridized carbons (Fsp3) is 0.600. The second kappa shape index (κ2) is 6.21. The van der Waals surface area contributed by atoms with Gasteiger partial charge in [0, 0.05) is 19.6 Å². The molecule has 0 bridgehead atoms. The zero-order valence-corrected chi connectivity index (χ0v) is 11.3. The van der Waals surface area contributed by atoms with Gasteiger partial charge in [-0.1, -0.05) is 19.1 Å². The number of benzene rings is 1. The number of hydrogen-bond acceptors (Lipinski definition) is 3. The summed E-state index contributed by atoms with van der Waals surface area (Å²) in [7, 11) is 1.69. The molecule has 1 aliphatic rings. The highest BCUT2D eigenvalue weighted by atomic mass is 16.5. The van der Waals surface area contributed by atoms with Crippen LogP contribution in [0.2, 0.25) is 0 Å². The van der Waals surface area contributed by atoms with Crippen LogP contribution in [0, 0.1) is 0 Å². The Morgan fingerprint density at radius 2 is 1.89 bits per heavy atom. The Kier molecular flexibility index (Phi) is 4.61. The number of hydrogen-bond donors (Lipinski definition) is 1. The second-order valence-corrected chi connectivity index (χ2v) is 5.21. The number of aliphatic hydroxyl groups excluding tert-OH is 1. The van der Waals surface area contributed by atoms with Crippen LogP contribution in [-0.4, -0.2) is 42.9 Å². The first kappa shape index (κ1) is 13.4. The van der Waals surface area contributed by atoms with Crippen molar-refractivity contribution in [2.75, 3.05) is 26.7 Å². The van der Waals surface area contributed by atoms with Crippen molar-refractivity contribution in [3.63, 3.8) is 0 Å². The number of nitrogens with zero attached hydrogens (tertiary/aromatic N) is 1. The summed E-state index contributed by atoms with van der Waals surface area (Å²) in [6.07, 6.45) is 1.74. The third-order valence-electron chi connectivity index (χ3n) is 3.77. The second-order valence-electron chi connectivity index (χ2n) is 5.21. The minimum atomic E-state index is -0.0856. The lowest BCUT2D eigenvalue weighted by atomic mass is 9.99. The van der Waals surface area contributed by atoms with E-state index in [-0.39, 0.29) is 6.10 Å². The van der Waals surface area contributed by atoms with Gasteiger partial charge in [-0.25, -0.2) is 0 Å². The third-order valence-corrected chi connectivity index (χ3v) is 3.77. The molecule has 0 spiro atoms. The highest BCUT2D eigenvalue weighted by Crippen LogP contribution is 2.21. The van der Waals surface area contributed by atoms with E-state index in [0.29, 0.717) is 5.92 Å². The van der Waals surface area contributed by atoms with Crippen molar-refractivity contribution in [2.24, 2.45) is 0 Å². The number of methoxy groups -OCH3 is 1. The van der Waals surface area contributed by atoms with Crippen LogP contribution in [0.25, 0.3) is 0 Å². The predicted octanol–water partition coefficient (Wildman–Crippen LogP) is 2.26. The van der Waals surface area contributed by atoms with Gasteiger partial charge >= 0.3 is 0 Å². The van der Waals surface area contributed by atoms with Crippen LogP contribution >= 0.6 is 0 Å². The first-order valence-electron chi connectivity index (χ1n) is 6.73. The molecule has 1 aromatic carbocycles. The molecule has 3 heteroatoms. The molecule has 1 saturated heterocycles. The van der Waals surface area contributed by atoms with Crippen LogP contribution in [-0.2, 0) is 0 Å². The van der Waals surface area contributed by atoms with E-state index >= 15 is 0 Å². The lowest BCUT2D eigenvalue weighted by molar-refractivity contribution is 0.0803. The number of ether oxygens (including phenoxy) is 1. The largest absolute Gasteiger partial charge is 0.497 e. The smallest absolute Gasteiger partial charge is 0.118 e. The Morgan fingerprint density at radius 1 is 1.28 bits per heavy atom. The summed E-state index contributed by atoms with van der Waals surface area (Å²) in [5, 5.41) is 9.50. The van der Waals surface area contributed by atoms with Gasteiger partial charge in [-0.15, -0.1) is 0 Å². The molecule has 1 atom stereocenters. The van der Waals surface area contributed by atoms with Crippen LogP contribution in [0.1, 0.15) is 31.2 Å². The molecular formula is C15H23NO2. The maximum atomic E-state index is 9.50. The Labute approximate surface area is 109 Å². The van der Waals surface area contributed by atoms with Gasteiger partial charge in [-0.3, -0.25) is 0 Å². The van der Waals surface area contributed by atoms with Gasteiger partial charge in [-0.05, 0) is 36.5 Å². The molecule has 1 fully saturated rings. The molecule has 0 aliphatic carbocycles. The van der Waals surface area contributed by atoms with Crippen LogP contribution < -0.4 is 4.74 Å². The fourth-order valence-electron chi connectivity index (χ4n) is 2.53. The zero-order valence-electron chi connectivity index (χ0n) is 11.3. The lowest BCUT2D eigenvalue weighted by Crippen LogP contribution is -2.37. The van der Waals surface area contributed by atoms with E-state index < -0.39 is 0 Å². The Morgan fingerprint density at radius 3 is 2.44 bits per heavy atom. The van der Waals surface area contributed by atoms with E-state index in [9.17, 15) is 5.11 Å². The van der Waals surface area contributed by atoms with Crippen molar-refractivity contribution in [3.05, 3.63) is 29.8 Å². The number of rotatable bonds is 4. The van der Waals surface area contributed by atoms with E-state index in [1.54, 1.807) is 7.11 Å². The van der Waals surface area contributed by atoms with Crippen LogP contribution in [0.4, 0.5) is 0 Å². The Bertz CT molecular complexity index is 355. The average Bonchev–Trinajstić information content (AvgIpc) is 2.41. The van der Waals surface area contributed by atoms with Crippen LogP contribution in [0.5, 0.6) is 5.75 Å². The van der Waals surface area contributed by atoms with Crippen LogP contribution in [0.15, 0.2) is 24.3 Å². The van der Waals surface area contributed by atoms with Crippen molar-refractivity contribution >= 4 is 0 Å². The summed E-state index contributed by atoms with van der Waals surface area (Å²) >= 11 is 0. The molecule has 3 nitrogen and oxygen atoms in total. The van der Waals surface area contributed by atoms with Gasteiger partial charge in [0.1, 0.15) is 5.75 Å². The van der Waals surface area contributed by atoms with Crippen molar-refractivity contribution in [1.29, 1.82) is 0 Å². The minimum absolute atomic E-state index is 0.0856. The van der Waals surface area contributed by atoms with E-state index in [1.807, 2.05) is 12.1 Å². The molecule has 1 N–H and O–H groups in total. The monoisotopic (exact) mass is 249 g/mol. The zero-order chi connectivity index (χ0) is 13.0. The molecule has 1 heterocycles. The number of aliphatic hydroxyl groups is 1. The highest BCUT2D eigenvalue weighted by molar-refractivity contribution is 5.29. The summed E-state index contributed by atoms with van der Waals surface area (Å²) < 4.78 is 5.17. The maximum absolute atomic E-state index is 9.50. The van der Waals surface area contributed by atoms with Gasteiger partial charge in [-0.2, -0.15) is 0 Å². The van der Waals surface area contributed by atoms with E-state index in [2.05, 4.69) is 24.0 Å². The van der Waals surface area contributed by atoms with Crippen molar-refractivity contribution in [3.8, 4) is 5.75 Å². The summed E-state index contributed by atoms with van der Waals surface area (Å²) in [5.74, 6) is 1.43. The molecule has 1 unspecified atom stereocenters. The SMILES string of the molecule is COc1ccc(C(C)CN2CCC(O)CC2)cc1. The third kappa shape index (κ3) is 3.47. The molecule has 1 aliphatic heterocycles. The minimum Gasteiger partial charge on any atom is -0.497 e. The molecular weight excluding hydrogens is 226 g/mol. The summed E-state index contributed by atoms with van der Waals surface area (Å²) in [5.41, 5.74) is 1.35. The number of piperidine rings is 1. The molecule has 100 valence electrons. The van der Waals surface area contributed by atoms with Crippen molar-refractivity contribution in [1.82, 2.24) is 4.90 Å².